The molecule has 0 rings (SSSR count). The highest BCUT2D eigenvalue weighted by Gasteiger charge is 2.28. The minimum Gasteiger partial charge on any atom is -0.394 e. The molecule has 0 aliphatic carbocycles. The molecule has 2 atom stereocenters. The van der Waals surface area contributed by atoms with Crippen LogP contribution >= 0.6 is 0 Å². The summed E-state index contributed by atoms with van der Waals surface area (Å²) in [6, 6.07) is 0. The first-order valence-electron chi connectivity index (χ1n) is 2.66. The Labute approximate surface area is 53.4 Å². The third-order valence-corrected chi connectivity index (χ3v) is 1.21. The first-order chi connectivity index (χ1) is 4.04. The van der Waals surface area contributed by atoms with Crippen molar-refractivity contribution in [3.63, 3.8) is 0 Å². The van der Waals surface area contributed by atoms with Crippen LogP contribution in [0.15, 0.2) is 0 Å². The number of aliphatic hydroxyl groups excluding tert-OH is 3. The zero-order valence-corrected chi connectivity index (χ0v) is 5.28. The predicted molar refractivity (Wildman–Crippen MR) is 30.8 cm³/mol. The number of rotatable bonds is 3. The molecule has 0 radical (unpaired) electrons. The second kappa shape index (κ2) is 3.12. The van der Waals surface area contributed by atoms with Crippen LogP contribution in [-0.4, -0.2) is 45.3 Å². The van der Waals surface area contributed by atoms with Crippen LogP contribution in [0.4, 0.5) is 0 Å². The molecule has 0 amide bonds. The lowest BCUT2D eigenvalue weighted by Crippen LogP contribution is -2.44. The van der Waals surface area contributed by atoms with Gasteiger partial charge in [-0.3, -0.25) is 0 Å². The average molecular weight is 136 g/mol. The van der Waals surface area contributed by atoms with Gasteiger partial charge < -0.3 is 20.4 Å². The van der Waals surface area contributed by atoms with Crippen molar-refractivity contribution in [2.45, 2.75) is 18.6 Å². The van der Waals surface area contributed by atoms with Gasteiger partial charge in [-0.15, -0.1) is 0 Å². The summed E-state index contributed by atoms with van der Waals surface area (Å²) in [6.45, 7) is 0.135. The van der Waals surface area contributed by atoms with Gasteiger partial charge in [-0.05, 0) is 6.92 Å². The summed E-state index contributed by atoms with van der Waals surface area (Å²) >= 11 is 0. The summed E-state index contributed by atoms with van der Waals surface area (Å²) in [6.07, 6.45) is -1.28. The van der Waals surface area contributed by atoms with Crippen molar-refractivity contribution in [2.75, 3.05) is 13.2 Å². The molecule has 0 saturated carbocycles. The molecular weight excluding hydrogens is 124 g/mol. The second-order valence-electron chi connectivity index (χ2n) is 2.21. The molecule has 9 heavy (non-hydrogen) atoms. The fourth-order valence-electron chi connectivity index (χ4n) is 0.302. The van der Waals surface area contributed by atoms with Crippen molar-refractivity contribution in [3.05, 3.63) is 0 Å². The number of hydrogen-bond donors (Lipinski definition) is 4. The van der Waals surface area contributed by atoms with E-state index in [-0.39, 0.29) is 0 Å². The van der Waals surface area contributed by atoms with E-state index in [0.717, 1.165) is 0 Å². The van der Waals surface area contributed by atoms with Crippen LogP contribution in [0, 0.1) is 0 Å². The zero-order valence-electron chi connectivity index (χ0n) is 5.28. The van der Waals surface area contributed by atoms with Crippen molar-refractivity contribution in [1.82, 2.24) is 0 Å². The first-order valence-corrected chi connectivity index (χ1v) is 2.66. The molecule has 4 nitrogen and oxygen atoms in total. The van der Waals surface area contributed by atoms with Crippen LogP contribution in [0.5, 0.6) is 0 Å². The van der Waals surface area contributed by atoms with Crippen LogP contribution in [-0.2, 0) is 0 Å². The van der Waals surface area contributed by atoms with Crippen molar-refractivity contribution in [3.8, 4) is 0 Å². The Kier molecular flexibility index (Phi) is 3.07. The van der Waals surface area contributed by atoms with Gasteiger partial charge in [-0.2, -0.15) is 0 Å². The molecule has 0 saturated heterocycles. The lowest BCUT2D eigenvalue weighted by molar-refractivity contribution is -0.108. The molecule has 4 heteroatoms. The Hall–Kier alpha value is -0.160. The minimum atomic E-state index is -1.59. The highest BCUT2D eigenvalue weighted by atomic mass is 16.4. The van der Waals surface area contributed by atoms with Gasteiger partial charge in [0, 0.05) is 0 Å². The molecule has 0 heterocycles. The highest BCUT2D eigenvalue weighted by molar-refractivity contribution is 4.79. The maximum Gasteiger partial charge on any atom is 0.113 e. The van der Waals surface area contributed by atoms with Crippen molar-refractivity contribution in [2.24, 2.45) is 0 Å². The van der Waals surface area contributed by atoms with Gasteiger partial charge >= 0.3 is 0 Å². The fraction of sp³-hybridized carbons (Fsp3) is 1.00. The second-order valence-corrected chi connectivity index (χ2v) is 2.21. The molecule has 0 unspecified atom stereocenters. The standard InChI is InChI=1S/C5H12O4/c1-5(9,3-7)4(8)2-6/h4,6-9H,2-3H2,1H3/t4-,5-/m1/s1. The molecule has 4 N–H and O–H groups in total. The lowest BCUT2D eigenvalue weighted by atomic mass is 10.0. The molecule has 0 aromatic rings. The molecule has 56 valence electrons. The Balaban J connectivity index is 3.80. The van der Waals surface area contributed by atoms with Crippen molar-refractivity contribution < 1.29 is 20.4 Å². The minimum absolute atomic E-state index is 0.548. The van der Waals surface area contributed by atoms with E-state index in [2.05, 4.69) is 0 Å². The summed E-state index contributed by atoms with van der Waals surface area (Å²) in [4.78, 5) is 0. The number of hydrogen-bond acceptors (Lipinski definition) is 4. The molecular formula is C5H12O4. The molecule has 0 bridgehead atoms. The zero-order chi connectivity index (χ0) is 7.49. The molecule has 0 aromatic heterocycles. The summed E-state index contributed by atoms with van der Waals surface area (Å²) in [5.41, 5.74) is -1.59. The Morgan fingerprint density at radius 3 is 2.00 bits per heavy atom. The Morgan fingerprint density at radius 1 is 1.44 bits per heavy atom. The molecule has 0 spiro atoms. The summed E-state index contributed by atoms with van der Waals surface area (Å²) in [5.74, 6) is 0. The summed E-state index contributed by atoms with van der Waals surface area (Å²) in [7, 11) is 0. The normalized spacial score (nSPS) is 21.0. The third-order valence-electron chi connectivity index (χ3n) is 1.21. The maximum absolute atomic E-state index is 8.93. The maximum atomic E-state index is 8.93. The topological polar surface area (TPSA) is 80.9 Å². The van der Waals surface area contributed by atoms with Gasteiger partial charge in [-0.25, -0.2) is 0 Å². The average Bonchev–Trinajstić information content (AvgIpc) is 1.86. The van der Waals surface area contributed by atoms with Gasteiger partial charge in [0.2, 0.25) is 0 Å². The third kappa shape index (κ3) is 2.28. The van der Waals surface area contributed by atoms with Crippen LogP contribution in [0.2, 0.25) is 0 Å². The lowest BCUT2D eigenvalue weighted by Gasteiger charge is -2.24. The van der Waals surface area contributed by atoms with Crippen LogP contribution in [0.1, 0.15) is 6.92 Å². The van der Waals surface area contributed by atoms with E-state index in [1.165, 1.54) is 6.92 Å². The van der Waals surface area contributed by atoms with E-state index in [4.69, 9.17) is 20.4 Å². The van der Waals surface area contributed by atoms with Gasteiger partial charge in [0.1, 0.15) is 11.7 Å². The van der Waals surface area contributed by atoms with Crippen LogP contribution in [0.25, 0.3) is 0 Å². The van der Waals surface area contributed by atoms with Gasteiger partial charge in [0.15, 0.2) is 0 Å². The fourth-order valence-corrected chi connectivity index (χ4v) is 0.302. The molecule has 0 aliphatic heterocycles. The van der Waals surface area contributed by atoms with Crippen molar-refractivity contribution >= 4 is 0 Å². The molecule has 0 aliphatic rings. The quantitative estimate of drug-likeness (QED) is 0.364. The number of aliphatic hydroxyl groups is 4. The van der Waals surface area contributed by atoms with Crippen molar-refractivity contribution in [1.29, 1.82) is 0 Å². The van der Waals surface area contributed by atoms with Gasteiger partial charge in [0.05, 0.1) is 13.2 Å². The van der Waals surface area contributed by atoms with E-state index >= 15 is 0 Å². The Morgan fingerprint density at radius 2 is 1.89 bits per heavy atom. The monoisotopic (exact) mass is 136 g/mol. The van der Waals surface area contributed by atoms with E-state index in [1.807, 2.05) is 0 Å². The van der Waals surface area contributed by atoms with E-state index in [1.54, 1.807) is 0 Å². The SMILES string of the molecule is C[C@@](O)(CO)[C@H](O)CO. The first kappa shape index (κ1) is 8.84. The summed E-state index contributed by atoms with van der Waals surface area (Å²) < 4.78 is 0. The van der Waals surface area contributed by atoms with E-state index in [9.17, 15) is 0 Å². The van der Waals surface area contributed by atoms with Crippen LogP contribution < -0.4 is 0 Å². The van der Waals surface area contributed by atoms with Crippen LogP contribution in [0.3, 0.4) is 0 Å². The molecule has 0 fully saturated rings. The smallest absolute Gasteiger partial charge is 0.113 e. The Bertz CT molecular complexity index is 81.0. The largest absolute Gasteiger partial charge is 0.394 e. The predicted octanol–water partition coefficient (Wildman–Crippen LogP) is -1.92. The van der Waals surface area contributed by atoms with E-state index in [0.29, 0.717) is 0 Å². The van der Waals surface area contributed by atoms with E-state index < -0.39 is 24.9 Å². The van der Waals surface area contributed by atoms with Gasteiger partial charge in [0.25, 0.3) is 0 Å². The molecule has 0 aromatic carbocycles. The van der Waals surface area contributed by atoms with Gasteiger partial charge in [-0.1, -0.05) is 0 Å². The highest BCUT2D eigenvalue weighted by Crippen LogP contribution is 2.06. The summed E-state index contributed by atoms with van der Waals surface area (Å²) in [5, 5.41) is 34.3.